The maximum absolute atomic E-state index is 11.3. The summed E-state index contributed by atoms with van der Waals surface area (Å²) in [6.07, 6.45) is 6.83. The van der Waals surface area contributed by atoms with Gasteiger partial charge in [0, 0.05) is 51.8 Å². The lowest BCUT2D eigenvalue weighted by Crippen LogP contribution is -2.31. The van der Waals surface area contributed by atoms with Crippen LogP contribution in [0.5, 0.6) is 0 Å². The number of amides is 2. The molecule has 0 unspecified atom stereocenters. The summed E-state index contributed by atoms with van der Waals surface area (Å²) in [6.45, 7) is 1.49. The van der Waals surface area contributed by atoms with Gasteiger partial charge in [-0.05, 0) is 100 Å². The van der Waals surface area contributed by atoms with E-state index in [1.54, 1.807) is 6.07 Å². The van der Waals surface area contributed by atoms with Crippen molar-refractivity contribution in [1.29, 1.82) is 0 Å². The smallest absolute Gasteiger partial charge is 0.407 e. The SMILES string of the molecule is CN(C)CCc1c[nH]c2ccc(C[C@H]3COC(=O)N3)cc12.CN[C@@H]1CCc2[nH]c3ccc(C(N)=O)cc3c2C1. The number of benzene rings is 2. The molecule has 206 valence electrons. The van der Waals surface area contributed by atoms with Crippen molar-refractivity contribution in [3.63, 3.8) is 0 Å². The summed E-state index contributed by atoms with van der Waals surface area (Å²) in [4.78, 5) is 31.3. The molecule has 9 heteroatoms. The van der Waals surface area contributed by atoms with Crippen LogP contribution in [0.2, 0.25) is 0 Å². The molecule has 0 bridgehead atoms. The number of fused-ring (bicyclic) bond motifs is 4. The number of likely N-dealkylation sites (N-methyl/N-ethyl adjacent to an activating group) is 2. The molecule has 2 aromatic carbocycles. The number of H-pyrrole nitrogens is 2. The van der Waals surface area contributed by atoms with Gasteiger partial charge in [0.2, 0.25) is 5.91 Å². The normalized spacial score (nSPS) is 18.5. The third-order valence-corrected chi connectivity index (χ3v) is 7.76. The third-order valence-electron chi connectivity index (χ3n) is 7.76. The Morgan fingerprint density at radius 3 is 2.69 bits per heavy atom. The molecule has 2 amide bonds. The molecule has 6 N–H and O–H groups in total. The van der Waals surface area contributed by atoms with E-state index in [1.807, 2.05) is 19.2 Å². The van der Waals surface area contributed by atoms with Crippen molar-refractivity contribution in [2.75, 3.05) is 34.3 Å². The van der Waals surface area contributed by atoms with Gasteiger partial charge in [-0.3, -0.25) is 4.79 Å². The number of carbonyl (C=O) groups is 2. The second-order valence-electron chi connectivity index (χ2n) is 10.8. The molecule has 0 saturated carbocycles. The number of aromatic amines is 2. The van der Waals surface area contributed by atoms with E-state index in [0.29, 0.717) is 18.2 Å². The molecule has 3 heterocycles. The first-order valence-corrected chi connectivity index (χ1v) is 13.6. The molecular weight excluding hydrogens is 492 g/mol. The lowest BCUT2D eigenvalue weighted by atomic mass is 9.91. The van der Waals surface area contributed by atoms with Gasteiger partial charge in [-0.15, -0.1) is 0 Å². The summed E-state index contributed by atoms with van der Waals surface area (Å²) < 4.78 is 4.94. The van der Waals surface area contributed by atoms with Crippen molar-refractivity contribution in [2.45, 2.75) is 44.2 Å². The standard InChI is InChI=1S/C16H21N3O2.C14H17N3O/c1-19(2)6-5-12-9-17-15-4-3-11(8-14(12)15)7-13-10-21-16(20)18-13;1-16-9-3-5-13-11(7-9)10-6-8(14(15)18)2-4-12(10)17-13/h3-4,8-9,13,17H,5-7,10H2,1-2H3,(H,18,20);2,4,6,9,16-17H,3,5,7H2,1H3,(H2,15,18)/t13-;9-/m01/s1. The maximum Gasteiger partial charge on any atom is 0.407 e. The molecule has 4 aromatic rings. The fourth-order valence-electron chi connectivity index (χ4n) is 5.54. The summed E-state index contributed by atoms with van der Waals surface area (Å²) in [5.41, 5.74) is 13.4. The second kappa shape index (κ2) is 11.5. The van der Waals surface area contributed by atoms with Crippen molar-refractivity contribution >= 4 is 33.8 Å². The van der Waals surface area contributed by atoms with Crippen LogP contribution >= 0.6 is 0 Å². The molecule has 1 saturated heterocycles. The predicted octanol–water partition coefficient (Wildman–Crippen LogP) is 3.27. The highest BCUT2D eigenvalue weighted by molar-refractivity contribution is 5.98. The zero-order valence-electron chi connectivity index (χ0n) is 22.9. The highest BCUT2D eigenvalue weighted by Crippen LogP contribution is 2.30. The van der Waals surface area contributed by atoms with Crippen LogP contribution in [0.1, 0.15) is 39.2 Å². The first-order chi connectivity index (χ1) is 18.8. The molecule has 39 heavy (non-hydrogen) atoms. The number of cyclic esters (lactones) is 1. The summed E-state index contributed by atoms with van der Waals surface area (Å²) >= 11 is 0. The number of hydrogen-bond donors (Lipinski definition) is 5. The Kier molecular flexibility index (Phi) is 7.90. The van der Waals surface area contributed by atoms with E-state index in [4.69, 9.17) is 10.5 Å². The van der Waals surface area contributed by atoms with Gasteiger partial charge in [0.05, 0.1) is 6.04 Å². The van der Waals surface area contributed by atoms with Crippen LogP contribution in [-0.2, 0) is 30.4 Å². The van der Waals surface area contributed by atoms with Crippen LogP contribution in [0.15, 0.2) is 42.6 Å². The van der Waals surface area contributed by atoms with Gasteiger partial charge in [-0.2, -0.15) is 0 Å². The number of carbonyl (C=O) groups excluding carboxylic acids is 2. The van der Waals surface area contributed by atoms with E-state index in [0.717, 1.165) is 49.6 Å². The lowest BCUT2D eigenvalue weighted by Gasteiger charge is -2.21. The number of rotatable bonds is 7. The Morgan fingerprint density at radius 1 is 1.15 bits per heavy atom. The molecule has 2 aliphatic rings. The number of hydrogen-bond acceptors (Lipinski definition) is 5. The Bertz CT molecular complexity index is 1490. The Hall–Kier alpha value is -3.82. The maximum atomic E-state index is 11.3. The highest BCUT2D eigenvalue weighted by atomic mass is 16.6. The predicted molar refractivity (Wildman–Crippen MR) is 154 cm³/mol. The van der Waals surface area contributed by atoms with Crippen molar-refractivity contribution in [2.24, 2.45) is 5.73 Å². The summed E-state index contributed by atoms with van der Waals surface area (Å²) in [7, 11) is 6.17. The molecule has 6 rings (SSSR count). The van der Waals surface area contributed by atoms with Crippen LogP contribution in [0, 0.1) is 0 Å². The van der Waals surface area contributed by atoms with Crippen LogP contribution in [0.25, 0.3) is 21.8 Å². The quantitative estimate of drug-likeness (QED) is 0.251. The molecule has 2 atom stereocenters. The number of ether oxygens (including phenoxy) is 1. The van der Waals surface area contributed by atoms with Gasteiger partial charge < -0.3 is 36.0 Å². The van der Waals surface area contributed by atoms with Gasteiger partial charge in [-0.1, -0.05) is 6.07 Å². The number of nitrogens with two attached hydrogens (primary N) is 1. The van der Waals surface area contributed by atoms with Gasteiger partial charge in [0.25, 0.3) is 0 Å². The zero-order chi connectivity index (χ0) is 27.5. The molecule has 2 aromatic heterocycles. The highest BCUT2D eigenvalue weighted by Gasteiger charge is 2.23. The van der Waals surface area contributed by atoms with E-state index in [9.17, 15) is 9.59 Å². The van der Waals surface area contributed by atoms with Crippen molar-refractivity contribution in [1.82, 2.24) is 25.5 Å². The number of nitrogens with one attached hydrogen (secondary N) is 4. The summed E-state index contributed by atoms with van der Waals surface area (Å²) in [5, 5.41) is 8.57. The van der Waals surface area contributed by atoms with Gasteiger partial charge in [-0.25, -0.2) is 4.79 Å². The average molecular weight is 531 g/mol. The fraction of sp³-hybridized carbons (Fsp3) is 0.400. The fourth-order valence-corrected chi connectivity index (χ4v) is 5.54. The minimum atomic E-state index is -0.368. The van der Waals surface area contributed by atoms with Gasteiger partial charge in [0.15, 0.2) is 0 Å². The first-order valence-electron chi connectivity index (χ1n) is 13.6. The van der Waals surface area contributed by atoms with Gasteiger partial charge >= 0.3 is 6.09 Å². The van der Waals surface area contributed by atoms with E-state index >= 15 is 0 Å². The molecule has 1 aliphatic carbocycles. The van der Waals surface area contributed by atoms with Crippen molar-refractivity contribution < 1.29 is 14.3 Å². The number of aromatic nitrogens is 2. The van der Waals surface area contributed by atoms with Crippen LogP contribution in [0.4, 0.5) is 4.79 Å². The van der Waals surface area contributed by atoms with E-state index in [-0.39, 0.29) is 18.0 Å². The number of alkyl carbamates (subject to hydrolysis) is 1. The minimum Gasteiger partial charge on any atom is -0.447 e. The topological polar surface area (TPSA) is 128 Å². The van der Waals surface area contributed by atoms with Crippen molar-refractivity contribution in [3.05, 3.63) is 70.5 Å². The summed E-state index contributed by atoms with van der Waals surface area (Å²) in [5.74, 6) is -0.368. The monoisotopic (exact) mass is 530 g/mol. The first kappa shape index (κ1) is 26.8. The van der Waals surface area contributed by atoms with E-state index in [1.165, 1.54) is 33.3 Å². The lowest BCUT2D eigenvalue weighted by molar-refractivity contribution is 0.100. The van der Waals surface area contributed by atoms with E-state index < -0.39 is 0 Å². The molecular formula is C30H38N6O3. The Morgan fingerprint density at radius 2 is 1.97 bits per heavy atom. The van der Waals surface area contributed by atoms with Gasteiger partial charge in [0.1, 0.15) is 6.61 Å². The van der Waals surface area contributed by atoms with E-state index in [2.05, 4.69) is 64.0 Å². The summed E-state index contributed by atoms with van der Waals surface area (Å²) in [6, 6.07) is 12.7. The molecule has 1 fully saturated rings. The van der Waals surface area contributed by atoms with Crippen molar-refractivity contribution in [3.8, 4) is 0 Å². The Labute approximate surface area is 228 Å². The average Bonchev–Trinajstić information content (AvgIpc) is 3.63. The second-order valence-corrected chi connectivity index (χ2v) is 10.8. The minimum absolute atomic E-state index is 0.0825. The Balaban J connectivity index is 0.000000160. The zero-order valence-corrected chi connectivity index (χ0v) is 22.9. The molecule has 9 nitrogen and oxygen atoms in total. The largest absolute Gasteiger partial charge is 0.447 e. The third kappa shape index (κ3) is 6.10. The van der Waals surface area contributed by atoms with Crippen LogP contribution in [-0.4, -0.2) is 73.2 Å². The molecule has 0 spiro atoms. The number of nitrogens with zero attached hydrogens (tertiary/aromatic N) is 1. The molecule has 1 aliphatic heterocycles. The number of primary amides is 1. The molecule has 0 radical (unpaired) electrons. The number of aryl methyl sites for hydroxylation is 1. The van der Waals surface area contributed by atoms with Crippen LogP contribution in [0.3, 0.4) is 0 Å². The van der Waals surface area contributed by atoms with Crippen LogP contribution < -0.4 is 16.4 Å².